The molecule has 0 aliphatic rings. The van der Waals surface area contributed by atoms with Gasteiger partial charge in [-0.15, -0.1) is 0 Å². The van der Waals surface area contributed by atoms with Crippen LogP contribution in [0, 0.1) is 30.9 Å². The fourth-order valence-electron chi connectivity index (χ4n) is 1.91. The molecule has 0 saturated heterocycles. The first kappa shape index (κ1) is 12.1. The average Bonchev–Trinajstić information content (AvgIpc) is 2.35. The molecule has 2 rings (SSSR count). The summed E-state index contributed by atoms with van der Waals surface area (Å²) in [6.45, 7) is 3.95. The molecular weight excluding hydrogens is 229 g/mol. The summed E-state index contributed by atoms with van der Waals surface area (Å²) in [5.74, 6) is -0.267. The fourth-order valence-corrected chi connectivity index (χ4v) is 1.91. The number of nitrogens with zero attached hydrogens (tertiary/aromatic N) is 1. The first-order valence-electron chi connectivity index (χ1n) is 5.57. The van der Waals surface area contributed by atoms with Crippen molar-refractivity contribution in [2.75, 3.05) is 0 Å². The highest BCUT2D eigenvalue weighted by molar-refractivity contribution is 5.70. The predicted octanol–water partition coefficient (Wildman–Crippen LogP) is 4.29. The van der Waals surface area contributed by atoms with Crippen LogP contribution in [0.4, 0.5) is 4.39 Å². The molecule has 0 spiro atoms. The van der Waals surface area contributed by atoms with E-state index in [1.165, 1.54) is 12.1 Å². The van der Waals surface area contributed by atoms with E-state index in [9.17, 15) is 9.60 Å². The molecule has 0 atom stereocenters. The maximum absolute atomic E-state index is 12.9. The van der Waals surface area contributed by atoms with Crippen LogP contribution >= 0.6 is 0 Å². The minimum absolute atomic E-state index is 0.267. The average molecular weight is 241 g/mol. The van der Waals surface area contributed by atoms with Gasteiger partial charge in [0.1, 0.15) is 11.4 Å². The van der Waals surface area contributed by atoms with Crippen LogP contribution in [0.25, 0.3) is 16.1 Å². The van der Waals surface area contributed by atoms with Crippen molar-refractivity contribution in [2.45, 2.75) is 13.8 Å². The molecule has 0 bridgehead atoms. The Labute approximate surface area is 105 Å². The van der Waals surface area contributed by atoms with Gasteiger partial charge in [-0.2, -0.15) is 0 Å². The van der Waals surface area contributed by atoms with Gasteiger partial charge in [0.25, 0.3) is 0 Å². The predicted molar refractivity (Wildman–Crippen MR) is 71.0 cm³/mol. The molecule has 0 radical (unpaired) electrons. The van der Waals surface area contributed by atoms with E-state index in [-0.39, 0.29) is 5.82 Å². The van der Waals surface area contributed by atoms with E-state index in [1.807, 2.05) is 26.0 Å². The number of halogens is 1. The third-order valence-corrected chi connectivity index (χ3v) is 3.00. The van der Waals surface area contributed by atoms with Crippen LogP contribution < -0.4 is 0 Å². The van der Waals surface area contributed by atoms with E-state index in [0.29, 0.717) is 5.56 Å². The zero-order chi connectivity index (χ0) is 13.1. The van der Waals surface area contributed by atoms with Gasteiger partial charge in [-0.1, -0.05) is 12.1 Å². The summed E-state index contributed by atoms with van der Waals surface area (Å²) in [4.78, 5) is 0. The molecule has 90 valence electrons. The van der Waals surface area contributed by atoms with Crippen molar-refractivity contribution < 1.29 is 4.39 Å². The standard InChI is InChI=1S/C15H12FNO/c1-10-7-12(9-17-18)8-15(11(10)2)13-3-5-14(16)6-4-13/h3-8H,1-2H3. The van der Waals surface area contributed by atoms with Gasteiger partial charge < -0.3 is 5.21 Å². The number of hydrogen-bond acceptors (Lipinski definition) is 1. The number of aryl methyl sites for hydroxylation is 1. The Morgan fingerprint density at radius 2 is 1.78 bits per heavy atom. The van der Waals surface area contributed by atoms with E-state index in [0.717, 1.165) is 22.3 Å². The molecule has 0 fully saturated rings. The summed E-state index contributed by atoms with van der Waals surface area (Å²) in [5, 5.41) is 12.9. The van der Waals surface area contributed by atoms with Crippen molar-refractivity contribution in [1.82, 2.24) is 0 Å². The molecule has 2 nitrogen and oxygen atoms in total. The largest absolute Gasteiger partial charge is 0.498 e. The Bertz CT molecular complexity index is 636. The van der Waals surface area contributed by atoms with Gasteiger partial charge in [-0.05, 0) is 60.4 Å². The molecule has 0 heterocycles. The minimum Gasteiger partial charge on any atom is -0.498 e. The van der Waals surface area contributed by atoms with Gasteiger partial charge in [-0.25, -0.2) is 4.39 Å². The van der Waals surface area contributed by atoms with E-state index < -0.39 is 0 Å². The van der Waals surface area contributed by atoms with Crippen LogP contribution in [0.15, 0.2) is 36.4 Å². The molecule has 0 aliphatic carbocycles. The van der Waals surface area contributed by atoms with Crippen LogP contribution in [-0.4, -0.2) is 0 Å². The SMILES string of the molecule is Cc1cc(C#[N+][O-])cc(-c2ccc(F)cc2)c1C. The molecule has 0 saturated carbocycles. The van der Waals surface area contributed by atoms with Gasteiger partial charge in [0.05, 0.1) is 0 Å². The van der Waals surface area contributed by atoms with Crippen LogP contribution in [0.1, 0.15) is 16.7 Å². The maximum atomic E-state index is 12.9. The van der Waals surface area contributed by atoms with Crippen LogP contribution in [0.2, 0.25) is 0 Å². The minimum atomic E-state index is -0.267. The summed E-state index contributed by atoms with van der Waals surface area (Å²) >= 11 is 0. The first-order chi connectivity index (χ1) is 8.61. The van der Waals surface area contributed by atoms with Crippen molar-refractivity contribution in [3.63, 3.8) is 0 Å². The second kappa shape index (κ2) is 4.89. The Morgan fingerprint density at radius 1 is 1.11 bits per heavy atom. The van der Waals surface area contributed by atoms with E-state index in [1.54, 1.807) is 12.1 Å². The lowest BCUT2D eigenvalue weighted by molar-refractivity contribution is 0.628. The van der Waals surface area contributed by atoms with Gasteiger partial charge in [-0.3, -0.25) is 0 Å². The summed E-state index contributed by atoms with van der Waals surface area (Å²) in [5.41, 5.74) is 4.64. The Hall–Kier alpha value is -2.34. The van der Waals surface area contributed by atoms with Crippen LogP contribution in [0.5, 0.6) is 0 Å². The second-order valence-electron chi connectivity index (χ2n) is 4.18. The fraction of sp³-hybridized carbons (Fsp3) is 0.133. The van der Waals surface area contributed by atoms with Crippen molar-refractivity contribution in [1.29, 1.82) is 0 Å². The molecule has 3 heteroatoms. The van der Waals surface area contributed by atoms with Gasteiger partial charge in [0.15, 0.2) is 0 Å². The summed E-state index contributed by atoms with van der Waals surface area (Å²) in [6.07, 6.45) is 0. The van der Waals surface area contributed by atoms with E-state index in [4.69, 9.17) is 0 Å². The highest BCUT2D eigenvalue weighted by atomic mass is 19.1. The number of rotatable bonds is 1. The molecule has 0 unspecified atom stereocenters. The highest BCUT2D eigenvalue weighted by Gasteiger charge is 2.08. The molecule has 0 aliphatic heterocycles. The third-order valence-electron chi connectivity index (χ3n) is 3.00. The monoisotopic (exact) mass is 241 g/mol. The third kappa shape index (κ3) is 2.33. The molecular formula is C15H12FNO. The normalized spacial score (nSPS) is 9.72. The quantitative estimate of drug-likeness (QED) is 0.684. The van der Waals surface area contributed by atoms with Crippen LogP contribution in [0.3, 0.4) is 0 Å². The zero-order valence-electron chi connectivity index (χ0n) is 10.2. The highest BCUT2D eigenvalue weighted by Crippen LogP contribution is 2.27. The van der Waals surface area contributed by atoms with E-state index in [2.05, 4.69) is 11.1 Å². The van der Waals surface area contributed by atoms with Gasteiger partial charge in [0.2, 0.25) is 0 Å². The van der Waals surface area contributed by atoms with Crippen LogP contribution in [-0.2, 0) is 0 Å². The topological polar surface area (TPSA) is 27.4 Å². The number of hydrogen-bond donors (Lipinski definition) is 0. The lowest BCUT2D eigenvalue weighted by Crippen LogP contribution is -1.90. The first-order valence-corrected chi connectivity index (χ1v) is 5.57. The summed E-state index contributed by atoms with van der Waals surface area (Å²) in [6, 6.07) is 12.3. The molecule has 18 heavy (non-hydrogen) atoms. The molecule has 0 aromatic heterocycles. The molecule has 2 aromatic rings. The van der Waals surface area contributed by atoms with Crippen molar-refractivity contribution >= 4 is 0 Å². The Morgan fingerprint density at radius 3 is 2.39 bits per heavy atom. The van der Waals surface area contributed by atoms with Crippen molar-refractivity contribution in [3.8, 4) is 17.2 Å². The smallest absolute Gasteiger partial charge is 0.336 e. The molecule has 0 amide bonds. The molecule has 0 N–H and O–H groups in total. The van der Waals surface area contributed by atoms with Gasteiger partial charge >= 0.3 is 6.07 Å². The van der Waals surface area contributed by atoms with Crippen molar-refractivity contribution in [3.05, 3.63) is 69.1 Å². The van der Waals surface area contributed by atoms with E-state index >= 15 is 0 Å². The van der Waals surface area contributed by atoms with Crippen molar-refractivity contribution in [2.24, 2.45) is 0 Å². The second-order valence-corrected chi connectivity index (χ2v) is 4.18. The zero-order valence-corrected chi connectivity index (χ0v) is 10.2. The Balaban J connectivity index is 2.61. The number of benzene rings is 2. The van der Waals surface area contributed by atoms with Gasteiger partial charge in [0, 0.05) is 5.01 Å². The maximum Gasteiger partial charge on any atom is 0.336 e. The lowest BCUT2D eigenvalue weighted by Gasteiger charge is -2.09. The molecule has 2 aromatic carbocycles. The lowest BCUT2D eigenvalue weighted by atomic mass is 9.95. The summed E-state index contributed by atoms with van der Waals surface area (Å²) < 4.78 is 12.9. The Kier molecular flexibility index (Phi) is 3.29. The summed E-state index contributed by atoms with van der Waals surface area (Å²) in [7, 11) is 0.